The van der Waals surface area contributed by atoms with Crippen LogP contribution in [0.4, 0.5) is 0 Å². The Labute approximate surface area is 76.5 Å². The van der Waals surface area contributed by atoms with E-state index in [4.69, 9.17) is 4.74 Å². The zero-order chi connectivity index (χ0) is 8.81. The van der Waals surface area contributed by atoms with Crippen molar-refractivity contribution in [2.75, 3.05) is 13.2 Å². The van der Waals surface area contributed by atoms with Gasteiger partial charge in [-0.05, 0) is 24.7 Å². The maximum Gasteiger partial charge on any atom is 0.0468 e. The molecular weight excluding hydrogens is 148 g/mol. The minimum Gasteiger partial charge on any atom is -0.381 e. The number of rotatable bonds is 4. The maximum atomic E-state index is 5.33. The molecule has 1 nitrogen and oxygen atoms in total. The van der Waals surface area contributed by atoms with Gasteiger partial charge in [0.15, 0.2) is 0 Å². The molecule has 0 amide bonds. The average Bonchev–Trinajstić information content (AvgIpc) is 2.05. The zero-order valence-electron chi connectivity index (χ0n) is 8.51. The monoisotopic (exact) mass is 170 g/mol. The molecule has 1 rings (SSSR count). The molecule has 1 saturated heterocycles. The van der Waals surface area contributed by atoms with Crippen molar-refractivity contribution in [1.82, 2.24) is 0 Å². The van der Waals surface area contributed by atoms with Crippen molar-refractivity contribution in [3.63, 3.8) is 0 Å². The first-order valence-electron chi connectivity index (χ1n) is 5.37. The van der Waals surface area contributed by atoms with Crippen LogP contribution in [-0.2, 0) is 4.74 Å². The lowest BCUT2D eigenvalue weighted by Crippen LogP contribution is -2.15. The molecular formula is C11H22O. The number of hydrogen-bond donors (Lipinski definition) is 0. The van der Waals surface area contributed by atoms with E-state index in [0.717, 1.165) is 25.0 Å². The van der Waals surface area contributed by atoms with E-state index in [-0.39, 0.29) is 0 Å². The quantitative estimate of drug-likeness (QED) is 0.629. The molecule has 0 saturated carbocycles. The Bertz CT molecular complexity index is 104. The molecule has 12 heavy (non-hydrogen) atoms. The van der Waals surface area contributed by atoms with Crippen LogP contribution >= 0.6 is 0 Å². The Morgan fingerprint density at radius 2 is 1.92 bits per heavy atom. The second-order valence-electron chi connectivity index (χ2n) is 4.38. The number of hydrogen-bond acceptors (Lipinski definition) is 1. The standard InChI is InChI=1S/C11H22O/c1-10(2)4-3-5-11-6-8-12-9-7-11/h10-11H,3-9H2,1-2H3. The summed E-state index contributed by atoms with van der Waals surface area (Å²) in [5, 5.41) is 0. The van der Waals surface area contributed by atoms with Gasteiger partial charge in [0, 0.05) is 13.2 Å². The fraction of sp³-hybridized carbons (Fsp3) is 1.00. The van der Waals surface area contributed by atoms with E-state index < -0.39 is 0 Å². The predicted molar refractivity (Wildman–Crippen MR) is 52.2 cm³/mol. The third kappa shape index (κ3) is 4.10. The van der Waals surface area contributed by atoms with Crippen LogP contribution in [0.2, 0.25) is 0 Å². The normalized spacial score (nSPS) is 20.2. The second-order valence-corrected chi connectivity index (χ2v) is 4.38. The third-order valence-corrected chi connectivity index (χ3v) is 2.73. The SMILES string of the molecule is CC(C)CCCC1CCOCC1. The Morgan fingerprint density at radius 3 is 2.50 bits per heavy atom. The van der Waals surface area contributed by atoms with Crippen molar-refractivity contribution in [2.45, 2.75) is 46.0 Å². The average molecular weight is 170 g/mol. The van der Waals surface area contributed by atoms with Crippen LogP contribution in [-0.4, -0.2) is 13.2 Å². The number of ether oxygens (including phenoxy) is 1. The van der Waals surface area contributed by atoms with Crippen molar-refractivity contribution in [3.05, 3.63) is 0 Å². The second kappa shape index (κ2) is 5.58. The van der Waals surface area contributed by atoms with Gasteiger partial charge in [-0.15, -0.1) is 0 Å². The van der Waals surface area contributed by atoms with Gasteiger partial charge in [0.1, 0.15) is 0 Å². The van der Waals surface area contributed by atoms with Crippen molar-refractivity contribution in [3.8, 4) is 0 Å². The molecule has 1 aliphatic rings. The molecule has 0 spiro atoms. The molecule has 0 aromatic heterocycles. The Morgan fingerprint density at radius 1 is 1.25 bits per heavy atom. The molecule has 0 N–H and O–H groups in total. The summed E-state index contributed by atoms with van der Waals surface area (Å²) in [7, 11) is 0. The zero-order valence-corrected chi connectivity index (χ0v) is 8.51. The predicted octanol–water partition coefficient (Wildman–Crippen LogP) is 3.24. The lowest BCUT2D eigenvalue weighted by molar-refractivity contribution is 0.0629. The Balaban J connectivity index is 1.98. The van der Waals surface area contributed by atoms with Crippen LogP contribution in [0.1, 0.15) is 46.0 Å². The first-order valence-corrected chi connectivity index (χ1v) is 5.37. The summed E-state index contributed by atoms with van der Waals surface area (Å²) in [6.07, 6.45) is 6.86. The van der Waals surface area contributed by atoms with Crippen molar-refractivity contribution in [1.29, 1.82) is 0 Å². The third-order valence-electron chi connectivity index (χ3n) is 2.73. The van der Waals surface area contributed by atoms with Crippen molar-refractivity contribution in [2.24, 2.45) is 11.8 Å². The van der Waals surface area contributed by atoms with E-state index in [9.17, 15) is 0 Å². The molecule has 1 fully saturated rings. The molecule has 1 aliphatic heterocycles. The van der Waals surface area contributed by atoms with E-state index in [1.807, 2.05) is 0 Å². The Kier molecular flexibility index (Phi) is 4.67. The van der Waals surface area contributed by atoms with Crippen LogP contribution in [0, 0.1) is 11.8 Å². The van der Waals surface area contributed by atoms with E-state index in [1.54, 1.807) is 0 Å². The van der Waals surface area contributed by atoms with Gasteiger partial charge >= 0.3 is 0 Å². The first-order chi connectivity index (χ1) is 5.79. The largest absolute Gasteiger partial charge is 0.381 e. The van der Waals surface area contributed by atoms with E-state index in [1.165, 1.54) is 32.1 Å². The molecule has 0 radical (unpaired) electrons. The van der Waals surface area contributed by atoms with Gasteiger partial charge in [-0.25, -0.2) is 0 Å². The first kappa shape index (κ1) is 10.0. The summed E-state index contributed by atoms with van der Waals surface area (Å²) in [6, 6.07) is 0. The highest BCUT2D eigenvalue weighted by Gasteiger charge is 2.12. The van der Waals surface area contributed by atoms with Gasteiger partial charge in [-0.1, -0.05) is 33.1 Å². The fourth-order valence-electron chi connectivity index (χ4n) is 1.85. The molecule has 1 heteroatoms. The summed E-state index contributed by atoms with van der Waals surface area (Å²) in [5.74, 6) is 1.85. The molecule has 1 heterocycles. The fourth-order valence-corrected chi connectivity index (χ4v) is 1.85. The lowest BCUT2D eigenvalue weighted by Gasteiger charge is -2.21. The Hall–Kier alpha value is -0.0400. The van der Waals surface area contributed by atoms with Crippen LogP contribution in [0.15, 0.2) is 0 Å². The van der Waals surface area contributed by atoms with Gasteiger partial charge in [0.2, 0.25) is 0 Å². The maximum absolute atomic E-state index is 5.33. The summed E-state index contributed by atoms with van der Waals surface area (Å²) in [6.45, 7) is 6.63. The van der Waals surface area contributed by atoms with E-state index in [2.05, 4.69) is 13.8 Å². The minimum atomic E-state index is 0.879. The van der Waals surface area contributed by atoms with E-state index >= 15 is 0 Å². The summed E-state index contributed by atoms with van der Waals surface area (Å²) >= 11 is 0. The summed E-state index contributed by atoms with van der Waals surface area (Å²) < 4.78 is 5.33. The summed E-state index contributed by atoms with van der Waals surface area (Å²) in [5.41, 5.74) is 0. The van der Waals surface area contributed by atoms with Gasteiger partial charge in [0.05, 0.1) is 0 Å². The van der Waals surface area contributed by atoms with Crippen molar-refractivity contribution >= 4 is 0 Å². The highest BCUT2D eigenvalue weighted by Crippen LogP contribution is 2.21. The summed E-state index contributed by atoms with van der Waals surface area (Å²) in [4.78, 5) is 0. The van der Waals surface area contributed by atoms with Crippen LogP contribution in [0.3, 0.4) is 0 Å². The van der Waals surface area contributed by atoms with Gasteiger partial charge < -0.3 is 4.74 Å². The van der Waals surface area contributed by atoms with Crippen LogP contribution in [0.5, 0.6) is 0 Å². The van der Waals surface area contributed by atoms with Crippen LogP contribution in [0.25, 0.3) is 0 Å². The van der Waals surface area contributed by atoms with Crippen LogP contribution < -0.4 is 0 Å². The molecule has 0 bridgehead atoms. The minimum absolute atomic E-state index is 0.879. The van der Waals surface area contributed by atoms with Gasteiger partial charge in [-0.2, -0.15) is 0 Å². The van der Waals surface area contributed by atoms with E-state index in [0.29, 0.717) is 0 Å². The highest BCUT2D eigenvalue weighted by molar-refractivity contribution is 4.63. The van der Waals surface area contributed by atoms with Crippen molar-refractivity contribution < 1.29 is 4.74 Å². The molecule has 0 aliphatic carbocycles. The van der Waals surface area contributed by atoms with Gasteiger partial charge in [-0.3, -0.25) is 0 Å². The van der Waals surface area contributed by atoms with Gasteiger partial charge in [0.25, 0.3) is 0 Å². The highest BCUT2D eigenvalue weighted by atomic mass is 16.5. The molecule has 0 aromatic carbocycles. The molecule has 0 atom stereocenters. The lowest BCUT2D eigenvalue weighted by atomic mass is 9.92. The molecule has 72 valence electrons. The molecule has 0 aromatic rings. The molecule has 0 unspecified atom stereocenters. The topological polar surface area (TPSA) is 9.23 Å². The smallest absolute Gasteiger partial charge is 0.0468 e.